The van der Waals surface area contributed by atoms with Crippen LogP contribution in [0.4, 0.5) is 10.1 Å². The molecule has 1 aromatic carbocycles. The fourth-order valence-electron chi connectivity index (χ4n) is 1.65. The molecule has 19 heavy (non-hydrogen) atoms. The molecule has 0 spiro atoms. The fraction of sp³-hybridized carbons (Fsp3) is 0.182. The first-order valence-electron chi connectivity index (χ1n) is 5.20. The van der Waals surface area contributed by atoms with Crippen molar-refractivity contribution >= 4 is 21.6 Å². The Labute approximate surface area is 116 Å². The van der Waals surface area contributed by atoms with E-state index in [1.165, 1.54) is 30.8 Å². The molecule has 0 saturated carbocycles. The van der Waals surface area contributed by atoms with Gasteiger partial charge in [-0.15, -0.1) is 0 Å². The molecular weight excluding hydrogens is 321 g/mol. The van der Waals surface area contributed by atoms with E-state index >= 15 is 0 Å². The first-order valence-corrected chi connectivity index (χ1v) is 5.99. The maximum Gasteiger partial charge on any atom is 0.353 e. The molecule has 2 aromatic rings. The number of benzene rings is 1. The highest BCUT2D eigenvalue weighted by Gasteiger charge is 2.26. The Balaban J connectivity index is 2.46. The van der Waals surface area contributed by atoms with Crippen LogP contribution in [0, 0.1) is 22.9 Å². The van der Waals surface area contributed by atoms with E-state index in [4.69, 9.17) is 4.74 Å². The molecule has 6 nitrogen and oxygen atoms in total. The topological polar surface area (TPSA) is 70.2 Å². The van der Waals surface area contributed by atoms with E-state index in [2.05, 4.69) is 21.0 Å². The van der Waals surface area contributed by atoms with Crippen LogP contribution in [-0.2, 0) is 7.05 Å². The minimum absolute atomic E-state index is 0.0417. The second kappa shape index (κ2) is 4.96. The minimum Gasteiger partial charge on any atom is -0.434 e. The molecule has 0 amide bonds. The van der Waals surface area contributed by atoms with E-state index in [0.29, 0.717) is 4.47 Å². The highest BCUT2D eigenvalue weighted by Crippen LogP contribution is 2.34. The third-order valence-corrected chi connectivity index (χ3v) is 2.83. The molecule has 0 fully saturated rings. The van der Waals surface area contributed by atoms with Crippen LogP contribution in [-0.4, -0.2) is 14.7 Å². The van der Waals surface area contributed by atoms with Gasteiger partial charge in [0.25, 0.3) is 5.88 Å². The van der Waals surface area contributed by atoms with Crippen LogP contribution in [0.1, 0.15) is 5.69 Å². The highest BCUT2D eigenvalue weighted by atomic mass is 79.9. The fourth-order valence-corrected chi connectivity index (χ4v) is 2.09. The first kappa shape index (κ1) is 13.5. The van der Waals surface area contributed by atoms with Gasteiger partial charge in [-0.2, -0.15) is 5.10 Å². The van der Waals surface area contributed by atoms with Crippen LogP contribution in [0.25, 0.3) is 0 Å². The molecule has 8 heteroatoms. The van der Waals surface area contributed by atoms with Crippen molar-refractivity contribution in [2.24, 2.45) is 7.05 Å². The third kappa shape index (κ3) is 2.73. The van der Waals surface area contributed by atoms with Gasteiger partial charge >= 0.3 is 5.69 Å². The lowest BCUT2D eigenvalue weighted by Crippen LogP contribution is -1.97. The van der Waals surface area contributed by atoms with Crippen LogP contribution in [0.15, 0.2) is 22.7 Å². The summed E-state index contributed by atoms with van der Waals surface area (Å²) in [6, 6.07) is 3.90. The number of aryl methyl sites for hydroxylation is 2. The molecule has 100 valence electrons. The molecule has 0 aliphatic heterocycles. The molecule has 2 rings (SSSR count). The van der Waals surface area contributed by atoms with E-state index in [1.54, 1.807) is 0 Å². The number of hydrogen-bond acceptors (Lipinski definition) is 4. The number of nitro groups is 1. The standard InChI is InChI=1S/C11H9BrFN3O3/c1-6-10(16(17)18)11(15(2)14-6)19-9-4-7(12)3-8(13)5-9/h3-5H,1-2H3. The summed E-state index contributed by atoms with van der Waals surface area (Å²) in [6.45, 7) is 1.51. The van der Waals surface area contributed by atoms with Crippen molar-refractivity contribution in [2.75, 3.05) is 0 Å². The van der Waals surface area contributed by atoms with Gasteiger partial charge in [0.2, 0.25) is 0 Å². The van der Waals surface area contributed by atoms with Crippen LogP contribution in [0.3, 0.4) is 0 Å². The van der Waals surface area contributed by atoms with Crippen molar-refractivity contribution in [3.05, 3.63) is 44.3 Å². The zero-order valence-corrected chi connectivity index (χ0v) is 11.6. The Morgan fingerprint density at radius 1 is 1.47 bits per heavy atom. The lowest BCUT2D eigenvalue weighted by molar-refractivity contribution is -0.386. The molecule has 0 unspecified atom stereocenters. The average molecular weight is 330 g/mol. The summed E-state index contributed by atoms with van der Waals surface area (Å²) in [5.74, 6) is -0.399. The predicted molar refractivity (Wildman–Crippen MR) is 68.8 cm³/mol. The molecule has 0 bridgehead atoms. The maximum atomic E-state index is 13.2. The summed E-state index contributed by atoms with van der Waals surface area (Å²) in [4.78, 5) is 10.4. The summed E-state index contributed by atoms with van der Waals surface area (Å²) in [5, 5.41) is 14.9. The molecule has 0 atom stereocenters. The van der Waals surface area contributed by atoms with Gasteiger partial charge < -0.3 is 4.74 Å². The lowest BCUT2D eigenvalue weighted by atomic mass is 10.3. The smallest absolute Gasteiger partial charge is 0.353 e. The van der Waals surface area contributed by atoms with E-state index < -0.39 is 10.7 Å². The molecule has 0 saturated heterocycles. The summed E-state index contributed by atoms with van der Waals surface area (Å²) >= 11 is 3.12. The van der Waals surface area contributed by atoms with Crippen molar-refractivity contribution in [1.29, 1.82) is 0 Å². The van der Waals surface area contributed by atoms with Crippen LogP contribution in [0.5, 0.6) is 11.6 Å². The summed E-state index contributed by atoms with van der Waals surface area (Å²) in [7, 11) is 1.52. The summed E-state index contributed by atoms with van der Waals surface area (Å²) in [5.41, 5.74) is 0.000789. The molecule has 0 N–H and O–H groups in total. The van der Waals surface area contributed by atoms with Gasteiger partial charge in [-0.1, -0.05) is 15.9 Å². The highest BCUT2D eigenvalue weighted by molar-refractivity contribution is 9.10. The van der Waals surface area contributed by atoms with Crippen LogP contribution in [0.2, 0.25) is 0 Å². The molecular formula is C11H9BrFN3O3. The zero-order chi connectivity index (χ0) is 14.2. The van der Waals surface area contributed by atoms with Crippen LogP contribution >= 0.6 is 15.9 Å². The molecule has 1 heterocycles. The molecule has 1 aromatic heterocycles. The second-order valence-corrected chi connectivity index (χ2v) is 4.74. The number of halogens is 2. The van der Waals surface area contributed by atoms with Gasteiger partial charge in [-0.05, 0) is 19.1 Å². The maximum absolute atomic E-state index is 13.2. The van der Waals surface area contributed by atoms with E-state index in [1.807, 2.05) is 0 Å². The van der Waals surface area contributed by atoms with Gasteiger partial charge in [-0.3, -0.25) is 10.1 Å². The van der Waals surface area contributed by atoms with Crippen molar-refractivity contribution in [1.82, 2.24) is 9.78 Å². The van der Waals surface area contributed by atoms with Crippen molar-refractivity contribution in [2.45, 2.75) is 6.92 Å². The average Bonchev–Trinajstić information content (AvgIpc) is 2.52. The summed E-state index contributed by atoms with van der Waals surface area (Å²) in [6.07, 6.45) is 0. The van der Waals surface area contributed by atoms with Gasteiger partial charge in [0.05, 0.1) is 4.92 Å². The normalized spacial score (nSPS) is 10.5. The lowest BCUT2D eigenvalue weighted by Gasteiger charge is -2.05. The van der Waals surface area contributed by atoms with Crippen LogP contribution < -0.4 is 4.74 Å². The number of nitrogens with zero attached hydrogens (tertiary/aromatic N) is 3. The number of ether oxygens (including phenoxy) is 1. The Morgan fingerprint density at radius 3 is 2.74 bits per heavy atom. The zero-order valence-electron chi connectivity index (χ0n) is 10.1. The van der Waals surface area contributed by atoms with Crippen molar-refractivity contribution < 1.29 is 14.1 Å². The molecule has 0 radical (unpaired) electrons. The second-order valence-electron chi connectivity index (χ2n) is 3.83. The van der Waals surface area contributed by atoms with Crippen molar-refractivity contribution in [3.63, 3.8) is 0 Å². The van der Waals surface area contributed by atoms with E-state index in [9.17, 15) is 14.5 Å². The predicted octanol–water partition coefficient (Wildman–Crippen LogP) is 3.33. The Morgan fingerprint density at radius 2 is 2.16 bits per heavy atom. The first-order chi connectivity index (χ1) is 8.88. The quantitative estimate of drug-likeness (QED) is 0.639. The molecule has 0 aliphatic rings. The summed E-state index contributed by atoms with van der Waals surface area (Å²) < 4.78 is 20.3. The third-order valence-electron chi connectivity index (χ3n) is 2.37. The number of hydrogen-bond donors (Lipinski definition) is 0. The Kier molecular flexibility index (Phi) is 3.52. The number of rotatable bonds is 3. The Bertz CT molecular complexity index is 637. The van der Waals surface area contributed by atoms with Gasteiger partial charge in [0, 0.05) is 17.6 Å². The SMILES string of the molecule is Cc1nn(C)c(Oc2cc(F)cc(Br)c2)c1[N+](=O)[O-]. The molecule has 0 aliphatic carbocycles. The van der Waals surface area contributed by atoms with E-state index in [0.717, 1.165) is 6.07 Å². The Hall–Kier alpha value is -1.96. The minimum atomic E-state index is -0.577. The van der Waals surface area contributed by atoms with E-state index in [-0.39, 0.29) is 23.0 Å². The monoisotopic (exact) mass is 329 g/mol. The number of aromatic nitrogens is 2. The van der Waals surface area contributed by atoms with Crippen molar-refractivity contribution in [3.8, 4) is 11.6 Å². The van der Waals surface area contributed by atoms with Gasteiger partial charge in [0.1, 0.15) is 17.3 Å². The van der Waals surface area contributed by atoms with Gasteiger partial charge in [-0.25, -0.2) is 9.07 Å². The van der Waals surface area contributed by atoms with Gasteiger partial charge in [0.15, 0.2) is 0 Å². The largest absolute Gasteiger partial charge is 0.434 e.